The summed E-state index contributed by atoms with van der Waals surface area (Å²) in [5.41, 5.74) is 2.60. The number of fused-ring (bicyclic) bond motifs is 1. The van der Waals surface area contributed by atoms with Crippen LogP contribution in [0.1, 0.15) is 22.9 Å². The SMILES string of the molecule is C=Cc1c(/C=C\C)sc2c(C)cccc12. The van der Waals surface area contributed by atoms with E-state index in [9.17, 15) is 0 Å². The van der Waals surface area contributed by atoms with E-state index < -0.39 is 0 Å². The van der Waals surface area contributed by atoms with E-state index in [1.165, 1.54) is 26.1 Å². The summed E-state index contributed by atoms with van der Waals surface area (Å²) in [5, 5.41) is 1.32. The minimum absolute atomic E-state index is 1.26. The molecule has 1 heteroatoms. The topological polar surface area (TPSA) is 0 Å². The van der Waals surface area contributed by atoms with Crippen LogP contribution in [0.15, 0.2) is 30.9 Å². The van der Waals surface area contributed by atoms with Gasteiger partial charge < -0.3 is 0 Å². The maximum atomic E-state index is 3.90. The van der Waals surface area contributed by atoms with Gasteiger partial charge in [0.1, 0.15) is 0 Å². The van der Waals surface area contributed by atoms with Crippen LogP contribution < -0.4 is 0 Å². The first-order chi connectivity index (χ1) is 7.27. The fourth-order valence-electron chi connectivity index (χ4n) is 1.78. The van der Waals surface area contributed by atoms with E-state index in [1.807, 2.05) is 24.3 Å². The van der Waals surface area contributed by atoms with E-state index in [-0.39, 0.29) is 0 Å². The lowest BCUT2D eigenvalue weighted by atomic mass is 10.1. The van der Waals surface area contributed by atoms with Gasteiger partial charge in [0.15, 0.2) is 0 Å². The molecule has 1 heterocycles. The summed E-state index contributed by atoms with van der Waals surface area (Å²) in [6.07, 6.45) is 6.18. The first-order valence-electron chi connectivity index (χ1n) is 5.05. The zero-order valence-electron chi connectivity index (χ0n) is 9.08. The average molecular weight is 214 g/mol. The van der Waals surface area contributed by atoms with Crippen molar-refractivity contribution in [2.24, 2.45) is 0 Å². The first kappa shape index (κ1) is 10.2. The highest BCUT2D eigenvalue weighted by Gasteiger charge is 2.08. The highest BCUT2D eigenvalue weighted by atomic mass is 32.1. The molecule has 76 valence electrons. The molecule has 0 unspecified atom stereocenters. The molecule has 1 aromatic heterocycles. The Morgan fingerprint density at radius 3 is 2.80 bits per heavy atom. The van der Waals surface area contributed by atoms with Crippen molar-refractivity contribution < 1.29 is 0 Å². The summed E-state index contributed by atoms with van der Waals surface area (Å²) in [6.45, 7) is 8.10. The number of aryl methyl sites for hydroxylation is 1. The van der Waals surface area contributed by atoms with Crippen molar-refractivity contribution >= 4 is 33.6 Å². The van der Waals surface area contributed by atoms with Gasteiger partial charge >= 0.3 is 0 Å². The normalized spacial score (nSPS) is 11.3. The standard InChI is InChI=1S/C14H14S/c1-4-7-13-11(5-2)12-9-6-8-10(3)14(12)15-13/h4-9H,2H2,1,3H3/b7-4-. The molecule has 0 fully saturated rings. The Labute approximate surface area is 94.6 Å². The second-order valence-corrected chi connectivity index (χ2v) is 4.59. The van der Waals surface area contributed by atoms with E-state index >= 15 is 0 Å². The summed E-state index contributed by atoms with van der Waals surface area (Å²) in [7, 11) is 0. The zero-order valence-corrected chi connectivity index (χ0v) is 9.90. The van der Waals surface area contributed by atoms with Crippen LogP contribution >= 0.6 is 11.3 Å². The van der Waals surface area contributed by atoms with Gasteiger partial charge in [0.2, 0.25) is 0 Å². The lowest BCUT2D eigenvalue weighted by Crippen LogP contribution is -1.73. The van der Waals surface area contributed by atoms with Crippen LogP contribution in [-0.2, 0) is 0 Å². The minimum Gasteiger partial charge on any atom is -0.135 e. The lowest BCUT2D eigenvalue weighted by molar-refractivity contribution is 1.56. The van der Waals surface area contributed by atoms with Crippen LogP contribution in [0.4, 0.5) is 0 Å². The van der Waals surface area contributed by atoms with Gasteiger partial charge in [-0.05, 0) is 31.1 Å². The van der Waals surface area contributed by atoms with E-state index in [4.69, 9.17) is 0 Å². The van der Waals surface area contributed by atoms with Crippen molar-refractivity contribution in [2.45, 2.75) is 13.8 Å². The Bertz CT molecular complexity index is 530. The van der Waals surface area contributed by atoms with Crippen molar-refractivity contribution in [3.05, 3.63) is 46.9 Å². The molecule has 0 N–H and O–H groups in total. The molecule has 2 aromatic rings. The zero-order chi connectivity index (χ0) is 10.8. The molecule has 0 radical (unpaired) electrons. The number of hydrogen-bond acceptors (Lipinski definition) is 1. The number of benzene rings is 1. The van der Waals surface area contributed by atoms with Crippen molar-refractivity contribution in [3.63, 3.8) is 0 Å². The highest BCUT2D eigenvalue weighted by Crippen LogP contribution is 2.34. The molecule has 0 saturated heterocycles. The predicted octanol–water partition coefficient (Wildman–Crippen LogP) is 4.89. The molecule has 15 heavy (non-hydrogen) atoms. The van der Waals surface area contributed by atoms with Gasteiger partial charge in [0, 0.05) is 15.0 Å². The quantitative estimate of drug-likeness (QED) is 0.668. The van der Waals surface area contributed by atoms with Crippen LogP contribution in [0.5, 0.6) is 0 Å². The van der Waals surface area contributed by atoms with Gasteiger partial charge in [-0.3, -0.25) is 0 Å². The fourth-order valence-corrected chi connectivity index (χ4v) is 3.03. The van der Waals surface area contributed by atoms with Gasteiger partial charge in [-0.2, -0.15) is 0 Å². The molecule has 0 spiro atoms. The molecule has 0 nitrogen and oxygen atoms in total. The van der Waals surface area contributed by atoms with Crippen LogP contribution in [0.3, 0.4) is 0 Å². The van der Waals surface area contributed by atoms with Crippen molar-refractivity contribution in [1.29, 1.82) is 0 Å². The number of thiophene rings is 1. The Kier molecular flexibility index (Phi) is 2.74. The Hall–Kier alpha value is -1.34. The van der Waals surface area contributed by atoms with E-state index in [0.29, 0.717) is 0 Å². The Morgan fingerprint density at radius 1 is 1.33 bits per heavy atom. The smallest absolute Gasteiger partial charge is 0.0384 e. The third-order valence-corrected chi connectivity index (χ3v) is 3.82. The fraction of sp³-hybridized carbons (Fsp3) is 0.143. The van der Waals surface area contributed by atoms with Gasteiger partial charge in [0.05, 0.1) is 0 Å². The molecule has 0 saturated carbocycles. The van der Waals surface area contributed by atoms with Crippen LogP contribution in [0, 0.1) is 6.92 Å². The van der Waals surface area contributed by atoms with Gasteiger partial charge in [-0.1, -0.05) is 36.9 Å². The molecule has 0 atom stereocenters. The highest BCUT2D eigenvalue weighted by molar-refractivity contribution is 7.20. The Morgan fingerprint density at radius 2 is 2.13 bits per heavy atom. The second kappa shape index (κ2) is 4.03. The minimum atomic E-state index is 1.26. The molecular weight excluding hydrogens is 200 g/mol. The van der Waals surface area contributed by atoms with E-state index in [2.05, 4.69) is 43.9 Å². The molecular formula is C14H14S. The van der Waals surface area contributed by atoms with Crippen molar-refractivity contribution in [2.75, 3.05) is 0 Å². The Balaban J connectivity index is 2.84. The summed E-state index contributed by atoms with van der Waals surface area (Å²) < 4.78 is 1.38. The van der Waals surface area contributed by atoms with Crippen LogP contribution in [-0.4, -0.2) is 0 Å². The van der Waals surface area contributed by atoms with E-state index in [1.54, 1.807) is 0 Å². The summed E-state index contributed by atoms with van der Waals surface area (Å²) in [4.78, 5) is 1.30. The molecule has 0 bridgehead atoms. The maximum Gasteiger partial charge on any atom is 0.0384 e. The number of rotatable bonds is 2. The van der Waals surface area contributed by atoms with Gasteiger partial charge in [-0.25, -0.2) is 0 Å². The molecule has 2 rings (SSSR count). The third-order valence-electron chi connectivity index (χ3n) is 2.50. The van der Waals surface area contributed by atoms with E-state index in [0.717, 1.165) is 0 Å². The molecule has 0 aliphatic heterocycles. The van der Waals surface area contributed by atoms with Crippen LogP contribution in [0.2, 0.25) is 0 Å². The summed E-state index contributed by atoms with van der Waals surface area (Å²) >= 11 is 1.84. The summed E-state index contributed by atoms with van der Waals surface area (Å²) in [5.74, 6) is 0. The second-order valence-electron chi connectivity index (χ2n) is 3.54. The molecule has 0 aliphatic rings. The average Bonchev–Trinajstić information content (AvgIpc) is 2.58. The maximum absolute atomic E-state index is 3.90. The largest absolute Gasteiger partial charge is 0.135 e. The number of allylic oxidation sites excluding steroid dienone is 1. The third kappa shape index (κ3) is 1.64. The number of hydrogen-bond donors (Lipinski definition) is 0. The molecule has 1 aromatic carbocycles. The van der Waals surface area contributed by atoms with Crippen molar-refractivity contribution in [3.8, 4) is 0 Å². The van der Waals surface area contributed by atoms with Crippen LogP contribution in [0.25, 0.3) is 22.2 Å². The van der Waals surface area contributed by atoms with Gasteiger partial charge in [-0.15, -0.1) is 11.3 Å². The summed E-state index contributed by atoms with van der Waals surface area (Å²) in [6, 6.07) is 6.44. The van der Waals surface area contributed by atoms with Gasteiger partial charge in [0.25, 0.3) is 0 Å². The predicted molar refractivity (Wildman–Crippen MR) is 71.4 cm³/mol. The monoisotopic (exact) mass is 214 g/mol. The first-order valence-corrected chi connectivity index (χ1v) is 5.87. The molecule has 0 aliphatic carbocycles. The lowest BCUT2D eigenvalue weighted by Gasteiger charge is -1.94. The van der Waals surface area contributed by atoms with Crippen molar-refractivity contribution in [1.82, 2.24) is 0 Å². The molecule has 0 amide bonds.